The number of anilines is 1. The number of sulfonamides is 1. The number of hydrogen-bond donors (Lipinski definition) is 3. The molecular weight excluding hydrogens is 282 g/mol. The van der Waals surface area contributed by atoms with Gasteiger partial charge in [-0.3, -0.25) is 14.9 Å². The van der Waals surface area contributed by atoms with Crippen molar-refractivity contribution in [1.29, 1.82) is 0 Å². The Morgan fingerprint density at radius 2 is 2.25 bits per heavy atom. The van der Waals surface area contributed by atoms with Crippen LogP contribution in [0.15, 0.2) is 30.7 Å². The first-order valence-electron chi connectivity index (χ1n) is 5.64. The van der Waals surface area contributed by atoms with Crippen LogP contribution in [0.3, 0.4) is 0 Å². The smallest absolute Gasteiger partial charge is 0.255 e. The lowest BCUT2D eigenvalue weighted by Crippen LogP contribution is -2.22. The van der Waals surface area contributed by atoms with Gasteiger partial charge >= 0.3 is 0 Å². The van der Waals surface area contributed by atoms with Crippen LogP contribution in [0.4, 0.5) is 5.69 Å². The fraction of sp³-hybridized carbons (Fsp3) is 0.182. The predicted octanol–water partition coefficient (Wildman–Crippen LogP) is 0.106. The molecule has 0 aliphatic heterocycles. The van der Waals surface area contributed by atoms with Crippen molar-refractivity contribution in [2.75, 3.05) is 11.6 Å². The second-order valence-electron chi connectivity index (χ2n) is 4.07. The van der Waals surface area contributed by atoms with E-state index in [0.29, 0.717) is 16.9 Å². The zero-order chi connectivity index (χ0) is 14.6. The predicted molar refractivity (Wildman–Crippen MR) is 72.5 cm³/mol. The van der Waals surface area contributed by atoms with Crippen LogP contribution in [0.2, 0.25) is 0 Å². The van der Waals surface area contributed by atoms with Gasteiger partial charge in [0, 0.05) is 18.0 Å². The molecule has 9 heteroatoms. The lowest BCUT2D eigenvalue weighted by molar-refractivity contribution is 0.102. The van der Waals surface area contributed by atoms with Gasteiger partial charge in [0.25, 0.3) is 5.91 Å². The fourth-order valence-corrected chi connectivity index (χ4v) is 1.85. The van der Waals surface area contributed by atoms with E-state index < -0.39 is 10.0 Å². The molecule has 0 fully saturated rings. The third-order valence-electron chi connectivity index (χ3n) is 2.35. The van der Waals surface area contributed by atoms with Gasteiger partial charge in [0.2, 0.25) is 10.0 Å². The van der Waals surface area contributed by atoms with Crippen molar-refractivity contribution in [3.05, 3.63) is 42.0 Å². The highest BCUT2D eigenvalue weighted by atomic mass is 32.2. The van der Waals surface area contributed by atoms with E-state index in [4.69, 9.17) is 0 Å². The number of pyridine rings is 1. The first kappa shape index (κ1) is 14.2. The molecule has 1 amide bonds. The number of amides is 1. The minimum absolute atomic E-state index is 0.0334. The molecule has 0 aromatic carbocycles. The lowest BCUT2D eigenvalue weighted by atomic mass is 10.2. The van der Waals surface area contributed by atoms with Crippen molar-refractivity contribution in [2.45, 2.75) is 6.54 Å². The number of aromatic nitrogens is 3. The molecule has 0 unspecified atom stereocenters. The van der Waals surface area contributed by atoms with Crippen molar-refractivity contribution in [3.8, 4) is 0 Å². The van der Waals surface area contributed by atoms with Crippen molar-refractivity contribution < 1.29 is 13.2 Å². The Balaban J connectivity index is 2.07. The van der Waals surface area contributed by atoms with E-state index in [2.05, 4.69) is 25.2 Å². The number of aromatic amines is 1. The molecule has 0 radical (unpaired) electrons. The van der Waals surface area contributed by atoms with Gasteiger partial charge in [0.15, 0.2) is 0 Å². The van der Waals surface area contributed by atoms with E-state index in [1.807, 2.05) is 0 Å². The molecular formula is C11H13N5O3S. The first-order valence-corrected chi connectivity index (χ1v) is 7.53. The van der Waals surface area contributed by atoms with Gasteiger partial charge in [-0.05, 0) is 12.1 Å². The molecule has 2 heterocycles. The molecule has 0 spiro atoms. The molecule has 3 N–H and O–H groups in total. The van der Waals surface area contributed by atoms with Crippen molar-refractivity contribution in [1.82, 2.24) is 19.9 Å². The minimum atomic E-state index is -3.30. The molecule has 2 aromatic heterocycles. The van der Waals surface area contributed by atoms with Crippen molar-refractivity contribution >= 4 is 21.6 Å². The van der Waals surface area contributed by atoms with Crippen molar-refractivity contribution in [3.63, 3.8) is 0 Å². The number of hydrogen-bond acceptors (Lipinski definition) is 5. The Hall–Kier alpha value is -2.26. The number of carbonyl (C=O) groups is 1. The summed E-state index contributed by atoms with van der Waals surface area (Å²) in [7, 11) is -3.30. The average molecular weight is 295 g/mol. The summed E-state index contributed by atoms with van der Waals surface area (Å²) in [4.78, 5) is 15.9. The van der Waals surface area contributed by atoms with Crippen molar-refractivity contribution in [2.24, 2.45) is 0 Å². The molecule has 0 aliphatic rings. The molecule has 20 heavy (non-hydrogen) atoms. The SMILES string of the molecule is CS(=O)(=O)NCc1cc(C(=O)Nc2cn[nH]c2)ccn1. The van der Waals surface area contributed by atoms with Gasteiger partial charge in [-0.15, -0.1) is 0 Å². The van der Waals surface area contributed by atoms with Crippen LogP contribution in [-0.4, -0.2) is 35.8 Å². The highest BCUT2D eigenvalue weighted by Crippen LogP contribution is 2.07. The van der Waals surface area contributed by atoms with E-state index in [1.54, 1.807) is 12.3 Å². The molecule has 0 saturated carbocycles. The summed E-state index contributed by atoms with van der Waals surface area (Å²) >= 11 is 0. The highest BCUT2D eigenvalue weighted by Gasteiger charge is 2.09. The van der Waals surface area contributed by atoms with E-state index in [9.17, 15) is 13.2 Å². The number of rotatable bonds is 5. The fourth-order valence-electron chi connectivity index (χ4n) is 1.44. The van der Waals surface area contributed by atoms with Crippen LogP contribution in [0.5, 0.6) is 0 Å². The van der Waals surface area contributed by atoms with Crippen LogP contribution in [0.25, 0.3) is 0 Å². The molecule has 0 saturated heterocycles. The van der Waals surface area contributed by atoms with Gasteiger partial charge in [0.1, 0.15) is 0 Å². The topological polar surface area (TPSA) is 117 Å². The summed E-state index contributed by atoms with van der Waals surface area (Å²) in [6.45, 7) is 0.0334. The highest BCUT2D eigenvalue weighted by molar-refractivity contribution is 7.88. The lowest BCUT2D eigenvalue weighted by Gasteiger charge is -2.05. The zero-order valence-corrected chi connectivity index (χ0v) is 11.4. The monoisotopic (exact) mass is 295 g/mol. The Morgan fingerprint density at radius 1 is 1.45 bits per heavy atom. The summed E-state index contributed by atoms with van der Waals surface area (Å²) in [6.07, 6.45) is 5.53. The molecule has 2 rings (SSSR count). The Bertz CT molecular complexity index is 697. The van der Waals surface area contributed by atoms with E-state index >= 15 is 0 Å². The molecule has 0 aliphatic carbocycles. The van der Waals surface area contributed by atoms with Gasteiger partial charge in [-0.25, -0.2) is 13.1 Å². The molecule has 0 bridgehead atoms. The zero-order valence-electron chi connectivity index (χ0n) is 10.6. The normalized spacial score (nSPS) is 11.2. The summed E-state index contributed by atoms with van der Waals surface area (Å²) in [5.74, 6) is -0.325. The Labute approximate surface area is 115 Å². The maximum absolute atomic E-state index is 11.9. The van der Waals surface area contributed by atoms with E-state index in [1.165, 1.54) is 18.5 Å². The summed E-state index contributed by atoms with van der Waals surface area (Å²) in [5.41, 5.74) is 1.38. The Morgan fingerprint density at radius 3 is 2.90 bits per heavy atom. The summed E-state index contributed by atoms with van der Waals surface area (Å²) < 4.78 is 24.3. The average Bonchev–Trinajstić information content (AvgIpc) is 2.89. The van der Waals surface area contributed by atoms with Gasteiger partial charge < -0.3 is 5.32 Å². The molecule has 8 nitrogen and oxygen atoms in total. The Kier molecular flexibility index (Phi) is 4.11. The van der Waals surface area contributed by atoms with Gasteiger partial charge in [-0.1, -0.05) is 0 Å². The maximum Gasteiger partial charge on any atom is 0.255 e. The van der Waals surface area contributed by atoms with Crippen LogP contribution < -0.4 is 10.0 Å². The molecule has 106 valence electrons. The first-order chi connectivity index (χ1) is 9.44. The van der Waals surface area contributed by atoms with Crippen LogP contribution in [0.1, 0.15) is 16.1 Å². The quantitative estimate of drug-likeness (QED) is 0.723. The largest absolute Gasteiger partial charge is 0.319 e. The number of nitrogens with one attached hydrogen (secondary N) is 3. The van der Waals surface area contributed by atoms with E-state index in [-0.39, 0.29) is 12.5 Å². The van der Waals surface area contributed by atoms with Gasteiger partial charge in [-0.2, -0.15) is 5.10 Å². The second kappa shape index (κ2) is 5.80. The molecule has 2 aromatic rings. The number of H-pyrrole nitrogens is 1. The number of nitrogens with zero attached hydrogens (tertiary/aromatic N) is 2. The van der Waals surface area contributed by atoms with Gasteiger partial charge in [0.05, 0.1) is 30.4 Å². The summed E-state index contributed by atoms with van der Waals surface area (Å²) in [6, 6.07) is 3.06. The third kappa shape index (κ3) is 4.14. The standard InChI is InChI=1S/C11H13N5O3S/c1-20(18,19)15-7-9-4-8(2-3-12-9)11(17)16-10-5-13-14-6-10/h2-6,15H,7H2,1H3,(H,13,14)(H,16,17). The van der Waals surface area contributed by atoms with Crippen LogP contribution in [-0.2, 0) is 16.6 Å². The maximum atomic E-state index is 11.9. The van der Waals surface area contributed by atoms with E-state index in [0.717, 1.165) is 6.26 Å². The molecule has 0 atom stereocenters. The third-order valence-corrected chi connectivity index (χ3v) is 3.02. The minimum Gasteiger partial charge on any atom is -0.319 e. The summed E-state index contributed by atoms with van der Waals surface area (Å²) in [5, 5.41) is 8.93. The second-order valence-corrected chi connectivity index (χ2v) is 5.90. The van der Waals surface area contributed by atoms with Crippen LogP contribution in [0, 0.1) is 0 Å². The van der Waals surface area contributed by atoms with Crippen LogP contribution >= 0.6 is 0 Å². The number of carbonyl (C=O) groups excluding carboxylic acids is 1.